The highest BCUT2D eigenvalue weighted by atomic mass is 32.2. The van der Waals surface area contributed by atoms with Gasteiger partial charge in [0.1, 0.15) is 18.2 Å². The van der Waals surface area contributed by atoms with E-state index < -0.39 is 11.6 Å². The first-order valence-electron chi connectivity index (χ1n) is 6.28. The smallest absolute Gasteiger partial charge is 0.168 e. The molecule has 21 heavy (non-hydrogen) atoms. The van der Waals surface area contributed by atoms with Crippen LogP contribution < -0.4 is 14.8 Å². The molecule has 110 valence electrons. The summed E-state index contributed by atoms with van der Waals surface area (Å²) in [5.41, 5.74) is 0. The van der Waals surface area contributed by atoms with Gasteiger partial charge in [0, 0.05) is 18.0 Å². The van der Waals surface area contributed by atoms with Crippen molar-refractivity contribution in [2.24, 2.45) is 0 Å². The molecule has 7 heteroatoms. The maximum atomic E-state index is 13.8. The summed E-state index contributed by atoms with van der Waals surface area (Å²) in [5.74, 6) is -0.138. The van der Waals surface area contributed by atoms with Crippen LogP contribution in [0.1, 0.15) is 0 Å². The van der Waals surface area contributed by atoms with E-state index in [0.29, 0.717) is 24.7 Å². The molecule has 4 nitrogen and oxygen atoms in total. The van der Waals surface area contributed by atoms with E-state index in [2.05, 4.69) is 10.3 Å². The van der Waals surface area contributed by atoms with Crippen LogP contribution in [0.3, 0.4) is 0 Å². The molecule has 1 aliphatic heterocycles. The minimum absolute atomic E-state index is 0.0106. The van der Waals surface area contributed by atoms with Crippen LogP contribution in [0.25, 0.3) is 0 Å². The minimum Gasteiger partial charge on any atom is -0.486 e. The summed E-state index contributed by atoms with van der Waals surface area (Å²) in [5, 5.41) is 2.68. The molecular weight excluding hydrogens is 298 g/mol. The van der Waals surface area contributed by atoms with Gasteiger partial charge in [-0.05, 0) is 18.2 Å². The summed E-state index contributed by atoms with van der Waals surface area (Å²) >= 11 is 1.10. The number of halogens is 2. The van der Waals surface area contributed by atoms with Gasteiger partial charge < -0.3 is 14.8 Å². The molecule has 1 N–H and O–H groups in total. The van der Waals surface area contributed by atoms with Crippen molar-refractivity contribution in [3.8, 4) is 11.5 Å². The number of pyridine rings is 1. The highest BCUT2D eigenvalue weighted by molar-refractivity contribution is 7.99. The van der Waals surface area contributed by atoms with Crippen LogP contribution in [0, 0.1) is 11.6 Å². The van der Waals surface area contributed by atoms with E-state index in [4.69, 9.17) is 9.47 Å². The van der Waals surface area contributed by atoms with E-state index in [0.717, 1.165) is 22.7 Å². The van der Waals surface area contributed by atoms with Gasteiger partial charge in [-0.3, -0.25) is 0 Å². The number of ether oxygens (including phenoxy) is 2. The molecule has 2 aromatic rings. The van der Waals surface area contributed by atoms with Crippen LogP contribution >= 0.6 is 11.8 Å². The van der Waals surface area contributed by atoms with Crippen LogP contribution in [0.5, 0.6) is 11.5 Å². The summed E-state index contributed by atoms with van der Waals surface area (Å²) in [6.45, 7) is 0.993. The van der Waals surface area contributed by atoms with Crippen LogP contribution in [0.2, 0.25) is 0 Å². The number of rotatable bonds is 3. The Morgan fingerprint density at radius 1 is 1.10 bits per heavy atom. The molecule has 0 saturated heterocycles. The third-order valence-electron chi connectivity index (χ3n) is 2.86. The average Bonchev–Trinajstić information content (AvgIpc) is 2.50. The van der Waals surface area contributed by atoms with Crippen molar-refractivity contribution in [1.82, 2.24) is 4.98 Å². The topological polar surface area (TPSA) is 43.4 Å². The number of benzene rings is 1. The van der Waals surface area contributed by atoms with Crippen LogP contribution in [-0.2, 0) is 0 Å². The highest BCUT2D eigenvalue weighted by Gasteiger charge is 2.15. The number of aromatic nitrogens is 1. The third kappa shape index (κ3) is 2.87. The Morgan fingerprint density at radius 2 is 1.86 bits per heavy atom. The minimum atomic E-state index is -0.721. The normalized spacial score (nSPS) is 13.1. The van der Waals surface area contributed by atoms with Gasteiger partial charge in [0.05, 0.1) is 0 Å². The fraction of sp³-hybridized carbons (Fsp3) is 0.214. The van der Waals surface area contributed by atoms with E-state index in [1.807, 2.05) is 0 Å². The Morgan fingerprint density at radius 3 is 2.62 bits per heavy atom. The van der Waals surface area contributed by atoms with Crippen molar-refractivity contribution in [1.29, 1.82) is 0 Å². The molecule has 0 atom stereocenters. The lowest BCUT2D eigenvalue weighted by molar-refractivity contribution is 0.171. The lowest BCUT2D eigenvalue weighted by Gasteiger charge is -2.18. The first-order chi connectivity index (χ1) is 10.2. The number of fused-ring (bicyclic) bond motifs is 1. The van der Waals surface area contributed by atoms with Crippen molar-refractivity contribution in [3.05, 3.63) is 35.9 Å². The van der Waals surface area contributed by atoms with Gasteiger partial charge in [0.15, 0.2) is 29.0 Å². The van der Waals surface area contributed by atoms with E-state index in [-0.39, 0.29) is 10.8 Å². The molecule has 2 heterocycles. The summed E-state index contributed by atoms with van der Waals surface area (Å²) in [7, 11) is 1.53. The standard InChI is InChI=1S/C14H12F2N2O2S/c1-17-13-9(15)7-10(16)14(18-13)21-8-2-3-11-12(6-8)20-5-4-19-11/h2-3,6-7H,4-5H2,1H3,(H,17,18). The lowest BCUT2D eigenvalue weighted by atomic mass is 10.3. The number of nitrogens with one attached hydrogen (secondary N) is 1. The molecule has 0 amide bonds. The van der Waals surface area contributed by atoms with Crippen LogP contribution in [0.15, 0.2) is 34.2 Å². The maximum absolute atomic E-state index is 13.8. The Kier molecular flexibility index (Phi) is 3.83. The summed E-state index contributed by atoms with van der Waals surface area (Å²) in [6.07, 6.45) is 0. The molecule has 0 saturated carbocycles. The zero-order valence-corrected chi connectivity index (χ0v) is 12.0. The molecule has 0 bridgehead atoms. The second-order valence-corrected chi connectivity index (χ2v) is 5.33. The van der Waals surface area contributed by atoms with Gasteiger partial charge >= 0.3 is 0 Å². The van der Waals surface area contributed by atoms with Crippen molar-refractivity contribution in [2.75, 3.05) is 25.6 Å². The average molecular weight is 310 g/mol. The van der Waals surface area contributed by atoms with Gasteiger partial charge in [-0.2, -0.15) is 0 Å². The first kappa shape index (κ1) is 13.9. The molecule has 1 aromatic heterocycles. The first-order valence-corrected chi connectivity index (χ1v) is 7.10. The van der Waals surface area contributed by atoms with Gasteiger partial charge in [0.2, 0.25) is 0 Å². The fourth-order valence-corrected chi connectivity index (χ4v) is 2.71. The molecule has 0 spiro atoms. The summed E-state index contributed by atoms with van der Waals surface area (Å²) in [4.78, 5) is 4.66. The van der Waals surface area contributed by atoms with Crippen LogP contribution in [0.4, 0.5) is 14.6 Å². The van der Waals surface area contributed by atoms with Crippen molar-refractivity contribution in [3.63, 3.8) is 0 Å². The monoisotopic (exact) mass is 310 g/mol. The number of nitrogens with zero attached hydrogens (tertiary/aromatic N) is 1. The largest absolute Gasteiger partial charge is 0.486 e. The predicted octanol–water partition coefficient (Wildman–Crippen LogP) is 3.32. The highest BCUT2D eigenvalue weighted by Crippen LogP contribution is 2.37. The number of hydrogen-bond acceptors (Lipinski definition) is 5. The van der Waals surface area contributed by atoms with Crippen molar-refractivity contribution < 1.29 is 18.3 Å². The Balaban J connectivity index is 1.90. The predicted molar refractivity (Wildman–Crippen MR) is 75.3 cm³/mol. The molecule has 0 aliphatic carbocycles. The fourth-order valence-electron chi connectivity index (χ4n) is 1.90. The number of hydrogen-bond donors (Lipinski definition) is 1. The van der Waals surface area contributed by atoms with E-state index in [9.17, 15) is 8.78 Å². The SMILES string of the molecule is CNc1nc(Sc2ccc3c(c2)OCCO3)c(F)cc1F. The molecule has 0 radical (unpaired) electrons. The van der Waals surface area contributed by atoms with Gasteiger partial charge in [-0.15, -0.1) is 0 Å². The molecular formula is C14H12F2N2O2S. The molecule has 0 unspecified atom stereocenters. The summed E-state index contributed by atoms with van der Waals surface area (Å²) < 4.78 is 38.1. The molecule has 3 rings (SSSR count). The van der Waals surface area contributed by atoms with Gasteiger partial charge in [-0.1, -0.05) is 11.8 Å². The Hall–Kier alpha value is -2.02. The number of anilines is 1. The van der Waals surface area contributed by atoms with Crippen molar-refractivity contribution >= 4 is 17.6 Å². The second kappa shape index (κ2) is 5.77. The molecule has 1 aliphatic rings. The maximum Gasteiger partial charge on any atom is 0.168 e. The zero-order valence-electron chi connectivity index (χ0n) is 11.2. The summed E-state index contributed by atoms with van der Waals surface area (Å²) in [6, 6.07) is 6.11. The van der Waals surface area contributed by atoms with Crippen LogP contribution in [-0.4, -0.2) is 25.2 Å². The van der Waals surface area contributed by atoms with Gasteiger partial charge in [-0.25, -0.2) is 13.8 Å². The quantitative estimate of drug-likeness (QED) is 0.942. The van der Waals surface area contributed by atoms with Crippen molar-refractivity contribution in [2.45, 2.75) is 9.92 Å². The third-order valence-corrected chi connectivity index (χ3v) is 3.83. The second-order valence-electron chi connectivity index (χ2n) is 4.26. The van der Waals surface area contributed by atoms with E-state index >= 15 is 0 Å². The van der Waals surface area contributed by atoms with E-state index in [1.54, 1.807) is 18.2 Å². The zero-order chi connectivity index (χ0) is 14.8. The van der Waals surface area contributed by atoms with Gasteiger partial charge in [0.25, 0.3) is 0 Å². The molecule has 0 fully saturated rings. The lowest BCUT2D eigenvalue weighted by Crippen LogP contribution is -2.15. The molecule has 1 aromatic carbocycles. The Labute approximate surface area is 124 Å². The Bertz CT molecular complexity index is 682. The van der Waals surface area contributed by atoms with E-state index in [1.165, 1.54) is 7.05 Å².